The van der Waals surface area contributed by atoms with Crippen molar-refractivity contribution in [1.29, 1.82) is 0 Å². The summed E-state index contributed by atoms with van der Waals surface area (Å²) in [5.41, 5.74) is -0.160. The van der Waals surface area contributed by atoms with Crippen molar-refractivity contribution in [2.45, 2.75) is 31.8 Å². The number of rotatable bonds is 4. The summed E-state index contributed by atoms with van der Waals surface area (Å²) in [5, 5.41) is 0. The molecule has 0 radical (unpaired) electrons. The molecule has 1 fully saturated rings. The Balaban J connectivity index is 2.24. The minimum absolute atomic E-state index is 0.146. The Kier molecular flexibility index (Phi) is 2.49. The first-order valence-corrected chi connectivity index (χ1v) is 3.93. The van der Waals surface area contributed by atoms with Crippen molar-refractivity contribution in [2.75, 3.05) is 13.7 Å². The zero-order valence-corrected chi connectivity index (χ0v) is 7.05. The standard InChI is InChI=1S/C8H14O3/c1-3-11-7(9)6-8(10-2)4-5-8/h3-6H2,1-2H3. The quantitative estimate of drug-likeness (QED) is 0.575. The lowest BCUT2D eigenvalue weighted by Crippen LogP contribution is -2.19. The summed E-state index contributed by atoms with van der Waals surface area (Å²) in [6.45, 7) is 2.27. The molecule has 0 aromatic rings. The van der Waals surface area contributed by atoms with Gasteiger partial charge in [-0.3, -0.25) is 4.79 Å². The predicted octanol–water partition coefficient (Wildman–Crippen LogP) is 1.12. The Labute approximate surface area is 66.7 Å². The van der Waals surface area contributed by atoms with Crippen LogP contribution in [0.25, 0.3) is 0 Å². The average molecular weight is 158 g/mol. The Hall–Kier alpha value is -0.570. The van der Waals surface area contributed by atoms with Crippen LogP contribution in [0.5, 0.6) is 0 Å². The van der Waals surface area contributed by atoms with E-state index in [4.69, 9.17) is 9.47 Å². The van der Waals surface area contributed by atoms with Gasteiger partial charge in [-0.15, -0.1) is 0 Å². The number of ether oxygens (including phenoxy) is 2. The minimum Gasteiger partial charge on any atom is -0.466 e. The molecule has 3 nitrogen and oxygen atoms in total. The highest BCUT2D eigenvalue weighted by Crippen LogP contribution is 2.42. The number of esters is 1. The van der Waals surface area contributed by atoms with Crippen LogP contribution in [0.15, 0.2) is 0 Å². The molecule has 0 unspecified atom stereocenters. The van der Waals surface area contributed by atoms with E-state index in [-0.39, 0.29) is 11.6 Å². The maximum atomic E-state index is 11.0. The molecular weight excluding hydrogens is 144 g/mol. The predicted molar refractivity (Wildman–Crippen MR) is 40.2 cm³/mol. The van der Waals surface area contributed by atoms with Crippen molar-refractivity contribution in [3.05, 3.63) is 0 Å². The number of carbonyl (C=O) groups is 1. The van der Waals surface area contributed by atoms with Gasteiger partial charge in [0.2, 0.25) is 0 Å². The van der Waals surface area contributed by atoms with E-state index in [1.54, 1.807) is 7.11 Å². The van der Waals surface area contributed by atoms with Gasteiger partial charge in [-0.2, -0.15) is 0 Å². The summed E-state index contributed by atoms with van der Waals surface area (Å²) in [6, 6.07) is 0. The van der Waals surface area contributed by atoms with Crippen molar-refractivity contribution in [1.82, 2.24) is 0 Å². The van der Waals surface area contributed by atoms with E-state index in [9.17, 15) is 4.79 Å². The summed E-state index contributed by atoms with van der Waals surface area (Å²) in [4.78, 5) is 11.0. The van der Waals surface area contributed by atoms with E-state index in [2.05, 4.69) is 0 Å². The number of methoxy groups -OCH3 is 1. The van der Waals surface area contributed by atoms with Gasteiger partial charge in [-0.1, -0.05) is 0 Å². The molecule has 1 aliphatic carbocycles. The second-order valence-electron chi connectivity index (χ2n) is 2.87. The van der Waals surface area contributed by atoms with E-state index in [1.165, 1.54) is 0 Å². The fourth-order valence-corrected chi connectivity index (χ4v) is 1.07. The third-order valence-corrected chi connectivity index (χ3v) is 2.01. The van der Waals surface area contributed by atoms with Gasteiger partial charge in [0.25, 0.3) is 0 Å². The SMILES string of the molecule is CCOC(=O)CC1(OC)CC1. The fraction of sp³-hybridized carbons (Fsp3) is 0.875. The lowest BCUT2D eigenvalue weighted by atomic mass is 10.2. The monoisotopic (exact) mass is 158 g/mol. The molecule has 1 aliphatic rings. The molecule has 1 saturated carbocycles. The Morgan fingerprint density at radius 3 is 2.55 bits per heavy atom. The van der Waals surface area contributed by atoms with Crippen LogP contribution in [0.4, 0.5) is 0 Å². The molecule has 0 aromatic carbocycles. The molecule has 3 heteroatoms. The zero-order chi connectivity index (χ0) is 8.32. The van der Waals surface area contributed by atoms with Crippen molar-refractivity contribution >= 4 is 5.97 Å². The third-order valence-electron chi connectivity index (χ3n) is 2.01. The molecule has 64 valence electrons. The smallest absolute Gasteiger partial charge is 0.308 e. The van der Waals surface area contributed by atoms with Crippen LogP contribution in [0.1, 0.15) is 26.2 Å². The number of carbonyl (C=O) groups excluding carboxylic acids is 1. The first-order valence-electron chi connectivity index (χ1n) is 3.93. The van der Waals surface area contributed by atoms with Crippen LogP contribution in [-0.4, -0.2) is 25.3 Å². The minimum atomic E-state index is -0.160. The molecule has 0 spiro atoms. The Morgan fingerprint density at radius 2 is 2.18 bits per heavy atom. The normalized spacial score (nSPS) is 19.5. The second-order valence-corrected chi connectivity index (χ2v) is 2.87. The van der Waals surface area contributed by atoms with Gasteiger partial charge in [0.1, 0.15) is 0 Å². The van der Waals surface area contributed by atoms with Crippen LogP contribution in [0.2, 0.25) is 0 Å². The molecule has 0 bridgehead atoms. The maximum Gasteiger partial charge on any atom is 0.308 e. The van der Waals surface area contributed by atoms with E-state index in [0.717, 1.165) is 12.8 Å². The molecule has 0 atom stereocenters. The van der Waals surface area contributed by atoms with Crippen LogP contribution in [0.3, 0.4) is 0 Å². The van der Waals surface area contributed by atoms with E-state index in [1.807, 2.05) is 6.92 Å². The van der Waals surface area contributed by atoms with Crippen LogP contribution in [0, 0.1) is 0 Å². The average Bonchev–Trinajstić information content (AvgIpc) is 2.70. The summed E-state index contributed by atoms with van der Waals surface area (Å²) in [5.74, 6) is -0.146. The maximum absolute atomic E-state index is 11.0. The summed E-state index contributed by atoms with van der Waals surface area (Å²) < 4.78 is 9.97. The molecule has 11 heavy (non-hydrogen) atoms. The van der Waals surface area contributed by atoms with Gasteiger partial charge in [0.05, 0.1) is 18.6 Å². The first-order chi connectivity index (χ1) is 5.22. The van der Waals surface area contributed by atoms with Crippen LogP contribution < -0.4 is 0 Å². The van der Waals surface area contributed by atoms with Gasteiger partial charge < -0.3 is 9.47 Å². The zero-order valence-electron chi connectivity index (χ0n) is 7.05. The van der Waals surface area contributed by atoms with E-state index >= 15 is 0 Å². The van der Waals surface area contributed by atoms with Crippen molar-refractivity contribution in [3.8, 4) is 0 Å². The fourth-order valence-electron chi connectivity index (χ4n) is 1.07. The molecular formula is C8H14O3. The number of hydrogen-bond acceptors (Lipinski definition) is 3. The summed E-state index contributed by atoms with van der Waals surface area (Å²) >= 11 is 0. The largest absolute Gasteiger partial charge is 0.466 e. The second kappa shape index (κ2) is 3.22. The Bertz CT molecular complexity index is 149. The summed E-state index contributed by atoms with van der Waals surface area (Å²) in [6.07, 6.45) is 2.39. The molecule has 1 rings (SSSR count). The van der Waals surface area contributed by atoms with Crippen LogP contribution >= 0.6 is 0 Å². The van der Waals surface area contributed by atoms with Gasteiger partial charge >= 0.3 is 5.97 Å². The lowest BCUT2D eigenvalue weighted by molar-refractivity contribution is -0.146. The molecule has 0 aliphatic heterocycles. The first kappa shape index (κ1) is 8.53. The highest BCUT2D eigenvalue weighted by atomic mass is 16.5. The lowest BCUT2D eigenvalue weighted by Gasteiger charge is -2.10. The van der Waals surface area contributed by atoms with Crippen molar-refractivity contribution in [3.63, 3.8) is 0 Å². The number of hydrogen-bond donors (Lipinski definition) is 0. The highest BCUT2D eigenvalue weighted by molar-refractivity contribution is 5.71. The molecule has 0 heterocycles. The van der Waals surface area contributed by atoms with E-state index in [0.29, 0.717) is 13.0 Å². The van der Waals surface area contributed by atoms with Gasteiger partial charge in [0, 0.05) is 7.11 Å². The van der Waals surface area contributed by atoms with Crippen LogP contribution in [-0.2, 0) is 14.3 Å². The molecule has 0 aromatic heterocycles. The van der Waals surface area contributed by atoms with Crippen molar-refractivity contribution < 1.29 is 14.3 Å². The Morgan fingerprint density at radius 1 is 1.55 bits per heavy atom. The van der Waals surface area contributed by atoms with E-state index < -0.39 is 0 Å². The topological polar surface area (TPSA) is 35.5 Å². The molecule has 0 saturated heterocycles. The molecule has 0 amide bonds. The van der Waals surface area contributed by atoms with Gasteiger partial charge in [-0.05, 0) is 19.8 Å². The summed E-state index contributed by atoms with van der Waals surface area (Å²) in [7, 11) is 1.65. The molecule has 0 N–H and O–H groups in total. The highest BCUT2D eigenvalue weighted by Gasteiger charge is 2.45. The van der Waals surface area contributed by atoms with Gasteiger partial charge in [-0.25, -0.2) is 0 Å². The van der Waals surface area contributed by atoms with Gasteiger partial charge in [0.15, 0.2) is 0 Å². The van der Waals surface area contributed by atoms with Crippen molar-refractivity contribution in [2.24, 2.45) is 0 Å². The third kappa shape index (κ3) is 2.19.